The van der Waals surface area contributed by atoms with E-state index in [4.69, 9.17) is 10.5 Å². The molecule has 0 atom stereocenters. The Morgan fingerprint density at radius 3 is 2.68 bits per heavy atom. The van der Waals surface area contributed by atoms with Crippen LogP contribution in [0.2, 0.25) is 0 Å². The number of hydrogen-bond acceptors (Lipinski definition) is 6. The maximum atomic E-state index is 12.4. The maximum absolute atomic E-state index is 12.4. The van der Waals surface area contributed by atoms with Crippen molar-refractivity contribution in [3.05, 3.63) is 53.9 Å². The lowest BCUT2D eigenvalue weighted by Crippen LogP contribution is -2.15. The summed E-state index contributed by atoms with van der Waals surface area (Å²) in [6, 6.07) is 12.7. The average molecular weight is 401 g/mol. The smallest absolute Gasteiger partial charge is 0.228 e. The highest BCUT2D eigenvalue weighted by Crippen LogP contribution is 2.40. The molecule has 28 heavy (non-hydrogen) atoms. The molecule has 1 heterocycles. The second kappa shape index (κ2) is 8.26. The second-order valence-corrected chi connectivity index (χ2v) is 6.58. The lowest BCUT2D eigenvalue weighted by molar-refractivity contribution is -0.115. The normalized spacial score (nSPS) is 12.9. The summed E-state index contributed by atoms with van der Waals surface area (Å²) in [6.07, 6.45) is 2.43. The molecule has 0 saturated heterocycles. The van der Waals surface area contributed by atoms with Gasteiger partial charge in [0.1, 0.15) is 11.4 Å². The molecule has 2 aromatic carbocycles. The molecule has 8 nitrogen and oxygen atoms in total. The average Bonchev–Trinajstić information content (AvgIpc) is 3.40. The molecular weight excluding hydrogens is 380 g/mol. The highest BCUT2D eigenvalue weighted by atomic mass is 35.5. The number of amides is 1. The molecule has 1 aromatic heterocycles. The van der Waals surface area contributed by atoms with Crippen LogP contribution in [0, 0.1) is 0 Å². The Labute approximate surface area is 168 Å². The highest BCUT2D eigenvalue weighted by molar-refractivity contribution is 5.92. The molecule has 3 N–H and O–H groups in total. The van der Waals surface area contributed by atoms with Crippen LogP contribution in [-0.2, 0) is 11.2 Å². The van der Waals surface area contributed by atoms with Gasteiger partial charge in [0.2, 0.25) is 5.91 Å². The third-order valence-corrected chi connectivity index (χ3v) is 4.47. The summed E-state index contributed by atoms with van der Waals surface area (Å²) in [5.41, 5.74) is 8.61. The van der Waals surface area contributed by atoms with Gasteiger partial charge < -0.3 is 15.8 Å². The van der Waals surface area contributed by atoms with Crippen LogP contribution in [0.4, 0.5) is 11.4 Å². The summed E-state index contributed by atoms with van der Waals surface area (Å²) in [5.74, 6) is 1.72. The minimum Gasteiger partial charge on any atom is -0.494 e. The number of halogens is 1. The van der Waals surface area contributed by atoms with Crippen molar-refractivity contribution in [1.82, 2.24) is 20.2 Å². The molecule has 1 aliphatic rings. The van der Waals surface area contributed by atoms with Gasteiger partial charge in [0.05, 0.1) is 13.5 Å². The number of methoxy groups -OCH3 is 1. The fraction of sp³-hybridized carbons (Fsp3) is 0.263. The van der Waals surface area contributed by atoms with Crippen LogP contribution in [0.5, 0.6) is 5.75 Å². The van der Waals surface area contributed by atoms with E-state index in [9.17, 15) is 4.79 Å². The number of rotatable bonds is 6. The van der Waals surface area contributed by atoms with Crippen molar-refractivity contribution >= 4 is 29.7 Å². The number of nitrogens with one attached hydrogen (secondary N) is 1. The standard InChI is InChI=1S/C19H20N6O2.ClH/c1-27-17-9-8-15(21-18(26)10-12-2-6-14(20)7-3-12)11-16(17)25-19(13-4-5-13)22-23-24-25;/h2-3,6-9,11,13H,4-5,10,20H2,1H3,(H,21,26);1H. The molecule has 0 unspecified atom stereocenters. The van der Waals surface area contributed by atoms with Gasteiger partial charge in [-0.15, -0.1) is 17.5 Å². The number of ether oxygens (including phenoxy) is 1. The van der Waals surface area contributed by atoms with E-state index in [-0.39, 0.29) is 24.7 Å². The third kappa shape index (κ3) is 4.23. The van der Waals surface area contributed by atoms with Crippen molar-refractivity contribution in [2.24, 2.45) is 0 Å². The molecular formula is C19H21ClN6O2. The Bertz CT molecular complexity index is 969. The van der Waals surface area contributed by atoms with Crippen LogP contribution in [-0.4, -0.2) is 33.2 Å². The topological polar surface area (TPSA) is 108 Å². The van der Waals surface area contributed by atoms with Gasteiger partial charge in [-0.3, -0.25) is 4.79 Å². The van der Waals surface area contributed by atoms with E-state index in [2.05, 4.69) is 20.8 Å². The summed E-state index contributed by atoms with van der Waals surface area (Å²) in [4.78, 5) is 12.4. The summed E-state index contributed by atoms with van der Waals surface area (Å²) in [6.45, 7) is 0. The summed E-state index contributed by atoms with van der Waals surface area (Å²) in [7, 11) is 1.60. The number of hydrogen-bond donors (Lipinski definition) is 2. The zero-order valence-electron chi connectivity index (χ0n) is 15.3. The molecule has 0 aliphatic heterocycles. The molecule has 146 valence electrons. The van der Waals surface area contributed by atoms with Crippen LogP contribution in [0.1, 0.15) is 30.1 Å². The summed E-state index contributed by atoms with van der Waals surface area (Å²) >= 11 is 0. The SMILES string of the molecule is COc1ccc(NC(=O)Cc2ccc(N)cc2)cc1-n1nnnc1C1CC1.Cl. The van der Waals surface area contributed by atoms with Gasteiger partial charge in [0.15, 0.2) is 5.82 Å². The van der Waals surface area contributed by atoms with Crippen LogP contribution in [0.25, 0.3) is 5.69 Å². The third-order valence-electron chi connectivity index (χ3n) is 4.47. The fourth-order valence-electron chi connectivity index (χ4n) is 2.92. The number of aromatic nitrogens is 4. The van der Waals surface area contributed by atoms with E-state index in [1.807, 2.05) is 18.2 Å². The number of carbonyl (C=O) groups excluding carboxylic acids is 1. The van der Waals surface area contributed by atoms with Crippen LogP contribution < -0.4 is 15.8 Å². The number of tetrazole rings is 1. The molecule has 1 aliphatic carbocycles. The second-order valence-electron chi connectivity index (χ2n) is 6.58. The molecule has 0 spiro atoms. The largest absolute Gasteiger partial charge is 0.494 e. The van der Waals surface area contributed by atoms with Crippen LogP contribution in [0.15, 0.2) is 42.5 Å². The number of anilines is 2. The predicted molar refractivity (Wildman–Crippen MR) is 108 cm³/mol. The lowest BCUT2D eigenvalue weighted by atomic mass is 10.1. The van der Waals surface area contributed by atoms with Crippen LogP contribution >= 0.6 is 12.4 Å². The molecule has 9 heteroatoms. The zero-order valence-corrected chi connectivity index (χ0v) is 16.1. The fourth-order valence-corrected chi connectivity index (χ4v) is 2.92. The number of nitrogens with zero attached hydrogens (tertiary/aromatic N) is 4. The number of nitrogen functional groups attached to an aromatic ring is 1. The Morgan fingerprint density at radius 1 is 1.25 bits per heavy atom. The van der Waals surface area contributed by atoms with E-state index >= 15 is 0 Å². The molecule has 4 rings (SSSR count). The maximum Gasteiger partial charge on any atom is 0.228 e. The van der Waals surface area contributed by atoms with E-state index in [1.54, 1.807) is 36.1 Å². The van der Waals surface area contributed by atoms with Gasteiger partial charge in [0, 0.05) is 17.3 Å². The van der Waals surface area contributed by atoms with E-state index in [0.29, 0.717) is 28.7 Å². The van der Waals surface area contributed by atoms with Gasteiger partial charge >= 0.3 is 0 Å². The summed E-state index contributed by atoms with van der Waals surface area (Å²) in [5, 5.41) is 14.9. The molecule has 1 saturated carbocycles. The van der Waals surface area contributed by atoms with Gasteiger partial charge in [-0.1, -0.05) is 12.1 Å². The number of benzene rings is 2. The van der Waals surface area contributed by atoms with Crippen molar-refractivity contribution in [3.63, 3.8) is 0 Å². The van der Waals surface area contributed by atoms with E-state index in [1.165, 1.54) is 0 Å². The van der Waals surface area contributed by atoms with Gasteiger partial charge in [-0.2, -0.15) is 4.68 Å². The Morgan fingerprint density at radius 2 is 2.00 bits per heavy atom. The van der Waals surface area contributed by atoms with Crippen molar-refractivity contribution in [2.75, 3.05) is 18.2 Å². The minimum absolute atomic E-state index is 0. The number of nitrogens with two attached hydrogens (primary N) is 1. The highest BCUT2D eigenvalue weighted by Gasteiger charge is 2.30. The van der Waals surface area contributed by atoms with Gasteiger partial charge in [-0.05, 0) is 59.2 Å². The van der Waals surface area contributed by atoms with Gasteiger partial charge in [0.25, 0.3) is 0 Å². The monoisotopic (exact) mass is 400 g/mol. The van der Waals surface area contributed by atoms with E-state index < -0.39 is 0 Å². The predicted octanol–water partition coefficient (Wildman–Crippen LogP) is 2.73. The van der Waals surface area contributed by atoms with Crippen molar-refractivity contribution in [2.45, 2.75) is 25.2 Å². The Hall–Kier alpha value is -3.13. The zero-order chi connectivity index (χ0) is 18.8. The summed E-state index contributed by atoms with van der Waals surface area (Å²) < 4.78 is 7.14. The molecule has 0 bridgehead atoms. The number of carbonyl (C=O) groups is 1. The first kappa shape index (κ1) is 19.6. The molecule has 3 aromatic rings. The molecule has 1 fully saturated rings. The minimum atomic E-state index is -0.116. The molecule has 0 radical (unpaired) electrons. The van der Waals surface area contributed by atoms with Crippen molar-refractivity contribution in [3.8, 4) is 11.4 Å². The first-order valence-corrected chi connectivity index (χ1v) is 8.75. The van der Waals surface area contributed by atoms with E-state index in [0.717, 1.165) is 24.2 Å². The van der Waals surface area contributed by atoms with Crippen molar-refractivity contribution in [1.29, 1.82) is 0 Å². The molecule has 1 amide bonds. The first-order valence-electron chi connectivity index (χ1n) is 8.75. The Balaban J connectivity index is 0.00000225. The lowest BCUT2D eigenvalue weighted by Gasteiger charge is -2.12. The van der Waals surface area contributed by atoms with Crippen molar-refractivity contribution < 1.29 is 9.53 Å². The first-order chi connectivity index (χ1) is 13.1. The van der Waals surface area contributed by atoms with Gasteiger partial charge in [-0.25, -0.2) is 0 Å². The van der Waals surface area contributed by atoms with Crippen LogP contribution in [0.3, 0.4) is 0 Å². The quantitative estimate of drug-likeness (QED) is 0.616. The Kier molecular flexibility index (Phi) is 5.79.